The molecule has 0 fully saturated rings. The first-order valence-electron chi connectivity index (χ1n) is 6.01. The molecule has 0 bridgehead atoms. The Morgan fingerprint density at radius 1 is 1.63 bits per heavy atom. The van der Waals surface area contributed by atoms with Crippen molar-refractivity contribution in [3.63, 3.8) is 0 Å². The van der Waals surface area contributed by atoms with Gasteiger partial charge in [-0.3, -0.25) is 14.8 Å². The van der Waals surface area contributed by atoms with Crippen LogP contribution in [0.4, 0.5) is 5.69 Å². The molecule has 0 aliphatic carbocycles. The van der Waals surface area contributed by atoms with E-state index in [-0.39, 0.29) is 16.9 Å². The number of nitro groups is 1. The number of nitrogens with zero attached hydrogens (tertiary/aromatic N) is 4. The zero-order valence-electron chi connectivity index (χ0n) is 11.1. The zero-order chi connectivity index (χ0) is 14.5. The highest BCUT2D eigenvalue weighted by molar-refractivity contribution is 5.85. The van der Waals surface area contributed by atoms with Gasteiger partial charge in [0.05, 0.1) is 4.92 Å². The predicted molar refractivity (Wildman–Crippen MR) is 69.9 cm³/mol. The maximum Gasteiger partial charge on any atom is 0.306 e. The summed E-state index contributed by atoms with van der Waals surface area (Å²) in [5.41, 5.74) is 5.23. The van der Waals surface area contributed by atoms with E-state index in [0.29, 0.717) is 6.54 Å². The van der Waals surface area contributed by atoms with Crippen LogP contribution < -0.4 is 5.73 Å². The quantitative estimate of drug-likeness (QED) is 0.195. The highest BCUT2D eigenvalue weighted by Crippen LogP contribution is 2.23. The van der Waals surface area contributed by atoms with Gasteiger partial charge in [0.25, 0.3) is 0 Å². The molecule has 0 amide bonds. The summed E-state index contributed by atoms with van der Waals surface area (Å²) in [6.45, 7) is 4.42. The largest absolute Gasteiger partial charge is 0.409 e. The minimum atomic E-state index is -0.467. The van der Waals surface area contributed by atoms with Gasteiger partial charge in [-0.15, -0.1) is 0 Å². The van der Waals surface area contributed by atoms with E-state index in [1.54, 1.807) is 4.68 Å². The Morgan fingerprint density at radius 3 is 2.84 bits per heavy atom. The fourth-order valence-corrected chi connectivity index (χ4v) is 1.67. The number of unbranched alkanes of at least 4 members (excludes halogenated alkanes) is 1. The van der Waals surface area contributed by atoms with E-state index in [4.69, 9.17) is 10.9 Å². The standard InChI is InChI=1S/C11H19N5O3/c1-11(2,10(12)14-17)5-3-4-6-15-8-9(7-13-15)16(18)19/h7-8,17H,3-6H2,1-2H3,(H2,12,14). The first-order chi connectivity index (χ1) is 8.86. The van der Waals surface area contributed by atoms with Crippen molar-refractivity contribution in [3.05, 3.63) is 22.5 Å². The molecule has 8 nitrogen and oxygen atoms in total. The highest BCUT2D eigenvalue weighted by atomic mass is 16.6. The first-order valence-corrected chi connectivity index (χ1v) is 6.01. The lowest BCUT2D eigenvalue weighted by Crippen LogP contribution is -2.31. The second-order valence-electron chi connectivity index (χ2n) is 5.04. The fraction of sp³-hybridized carbons (Fsp3) is 0.636. The van der Waals surface area contributed by atoms with Crippen molar-refractivity contribution in [1.29, 1.82) is 0 Å². The third-order valence-corrected chi connectivity index (χ3v) is 3.07. The van der Waals surface area contributed by atoms with Crippen LogP contribution in [0.5, 0.6) is 0 Å². The molecule has 8 heteroatoms. The van der Waals surface area contributed by atoms with Crippen molar-refractivity contribution < 1.29 is 10.1 Å². The number of amidine groups is 1. The molecule has 1 rings (SSSR count). The van der Waals surface area contributed by atoms with Gasteiger partial charge in [0.15, 0.2) is 0 Å². The Kier molecular flexibility index (Phi) is 4.85. The molecule has 0 saturated carbocycles. The van der Waals surface area contributed by atoms with Crippen LogP contribution in [-0.4, -0.2) is 25.7 Å². The Balaban J connectivity index is 2.36. The van der Waals surface area contributed by atoms with E-state index in [2.05, 4.69) is 10.3 Å². The van der Waals surface area contributed by atoms with Crippen LogP contribution in [0.2, 0.25) is 0 Å². The molecular weight excluding hydrogens is 250 g/mol. The van der Waals surface area contributed by atoms with Crippen LogP contribution in [0.25, 0.3) is 0 Å². The SMILES string of the molecule is CC(C)(CCCCn1cc([N+](=O)[O-])cn1)/C(N)=N/O. The number of nitrogens with two attached hydrogens (primary N) is 1. The molecule has 0 aromatic carbocycles. The van der Waals surface area contributed by atoms with E-state index in [0.717, 1.165) is 19.3 Å². The third kappa shape index (κ3) is 4.23. The highest BCUT2D eigenvalue weighted by Gasteiger charge is 2.22. The number of oxime groups is 1. The number of aryl methyl sites for hydroxylation is 1. The Labute approximate surface area is 111 Å². The minimum absolute atomic E-state index is 0.00279. The topological polar surface area (TPSA) is 120 Å². The van der Waals surface area contributed by atoms with Gasteiger partial charge in [-0.25, -0.2) is 0 Å². The molecule has 0 spiro atoms. The molecule has 0 aliphatic rings. The lowest BCUT2D eigenvalue weighted by Gasteiger charge is -2.22. The molecule has 19 heavy (non-hydrogen) atoms. The van der Waals surface area contributed by atoms with Gasteiger partial charge < -0.3 is 10.9 Å². The van der Waals surface area contributed by atoms with Crippen molar-refractivity contribution in [3.8, 4) is 0 Å². The summed E-state index contributed by atoms with van der Waals surface area (Å²) in [6, 6.07) is 0. The van der Waals surface area contributed by atoms with Crippen LogP contribution >= 0.6 is 0 Å². The number of hydrogen-bond acceptors (Lipinski definition) is 5. The van der Waals surface area contributed by atoms with Crippen LogP contribution in [0.1, 0.15) is 33.1 Å². The Morgan fingerprint density at radius 2 is 2.32 bits per heavy atom. The summed E-state index contributed by atoms with van der Waals surface area (Å²) < 4.78 is 1.55. The van der Waals surface area contributed by atoms with E-state index < -0.39 is 4.92 Å². The first kappa shape index (κ1) is 14.9. The monoisotopic (exact) mass is 269 g/mol. The molecule has 3 N–H and O–H groups in total. The summed E-state index contributed by atoms with van der Waals surface area (Å²) in [4.78, 5) is 10.0. The Bertz CT molecular complexity index is 467. The van der Waals surface area contributed by atoms with Gasteiger partial charge in [-0.1, -0.05) is 25.4 Å². The third-order valence-electron chi connectivity index (χ3n) is 3.07. The molecule has 106 valence electrons. The molecule has 0 atom stereocenters. The van der Waals surface area contributed by atoms with Gasteiger partial charge in [-0.05, 0) is 12.8 Å². The van der Waals surface area contributed by atoms with E-state index >= 15 is 0 Å². The van der Waals surface area contributed by atoms with Gasteiger partial charge in [-0.2, -0.15) is 5.10 Å². The minimum Gasteiger partial charge on any atom is -0.409 e. The van der Waals surface area contributed by atoms with Crippen LogP contribution in [0.3, 0.4) is 0 Å². The average molecular weight is 269 g/mol. The van der Waals surface area contributed by atoms with E-state index in [1.807, 2.05) is 13.8 Å². The van der Waals surface area contributed by atoms with E-state index in [1.165, 1.54) is 12.4 Å². The van der Waals surface area contributed by atoms with Crippen molar-refractivity contribution in [2.45, 2.75) is 39.7 Å². The number of hydrogen-bond donors (Lipinski definition) is 2. The molecule has 0 saturated heterocycles. The smallest absolute Gasteiger partial charge is 0.306 e. The van der Waals surface area contributed by atoms with Gasteiger partial charge >= 0.3 is 5.69 Å². The van der Waals surface area contributed by atoms with Crippen LogP contribution in [0.15, 0.2) is 17.5 Å². The second kappa shape index (κ2) is 6.17. The van der Waals surface area contributed by atoms with Crippen molar-refractivity contribution in [2.75, 3.05) is 0 Å². The molecule has 0 aliphatic heterocycles. The predicted octanol–water partition coefficient (Wildman–Crippen LogP) is 1.73. The lowest BCUT2D eigenvalue weighted by atomic mass is 9.86. The van der Waals surface area contributed by atoms with E-state index in [9.17, 15) is 10.1 Å². The van der Waals surface area contributed by atoms with Gasteiger partial charge in [0.1, 0.15) is 18.2 Å². The molecule has 0 radical (unpaired) electrons. The van der Waals surface area contributed by atoms with Gasteiger partial charge in [0.2, 0.25) is 0 Å². The number of rotatable bonds is 7. The molecular formula is C11H19N5O3. The fourth-order valence-electron chi connectivity index (χ4n) is 1.67. The van der Waals surface area contributed by atoms with Crippen LogP contribution in [0, 0.1) is 15.5 Å². The van der Waals surface area contributed by atoms with Crippen molar-refractivity contribution in [2.24, 2.45) is 16.3 Å². The van der Waals surface area contributed by atoms with Crippen molar-refractivity contribution >= 4 is 11.5 Å². The summed E-state index contributed by atoms with van der Waals surface area (Å²) >= 11 is 0. The summed E-state index contributed by atoms with van der Waals surface area (Å²) in [5.74, 6) is 0.210. The molecule has 0 unspecified atom stereocenters. The second-order valence-corrected chi connectivity index (χ2v) is 5.04. The van der Waals surface area contributed by atoms with Crippen LogP contribution in [-0.2, 0) is 6.54 Å². The lowest BCUT2D eigenvalue weighted by molar-refractivity contribution is -0.385. The zero-order valence-corrected chi connectivity index (χ0v) is 11.1. The average Bonchev–Trinajstić information content (AvgIpc) is 2.82. The van der Waals surface area contributed by atoms with Gasteiger partial charge in [0, 0.05) is 12.0 Å². The maximum absolute atomic E-state index is 10.5. The maximum atomic E-state index is 10.5. The molecule has 1 heterocycles. The summed E-state index contributed by atoms with van der Waals surface area (Å²) in [7, 11) is 0. The molecule has 1 aromatic heterocycles. The normalized spacial score (nSPS) is 12.6. The van der Waals surface area contributed by atoms with Crippen molar-refractivity contribution in [1.82, 2.24) is 9.78 Å². The molecule has 1 aromatic rings. The summed E-state index contributed by atoms with van der Waals surface area (Å²) in [5, 5.41) is 26.1. The summed E-state index contributed by atoms with van der Waals surface area (Å²) in [6.07, 6.45) is 5.10. The Hall–Kier alpha value is -2.12. The number of aromatic nitrogens is 2.